The zero-order valence-electron chi connectivity index (χ0n) is 13.0. The van der Waals surface area contributed by atoms with Gasteiger partial charge in [-0.1, -0.05) is 17.7 Å². The van der Waals surface area contributed by atoms with Crippen molar-refractivity contribution in [2.75, 3.05) is 7.11 Å². The number of ketones is 2. The molecule has 124 valence electrons. The van der Waals surface area contributed by atoms with E-state index in [2.05, 4.69) is 0 Å². The normalized spacial score (nSPS) is 25.3. The maximum Gasteiger partial charge on any atom is 0.311 e. The molecule has 24 heavy (non-hydrogen) atoms. The lowest BCUT2D eigenvalue weighted by Crippen LogP contribution is -2.40. The molecule has 5 nitrogen and oxygen atoms in total. The first-order valence-electron chi connectivity index (χ1n) is 7.56. The van der Waals surface area contributed by atoms with Crippen LogP contribution in [0.4, 0.5) is 0 Å². The Morgan fingerprint density at radius 2 is 2.00 bits per heavy atom. The third kappa shape index (κ3) is 2.99. The van der Waals surface area contributed by atoms with Crippen molar-refractivity contribution in [1.29, 1.82) is 0 Å². The molecule has 3 rings (SSSR count). The number of carbonyl (C=O) groups excluding carboxylic acids is 3. The average molecular weight is 346 g/mol. The lowest BCUT2D eigenvalue weighted by molar-refractivity contribution is -0.145. The highest BCUT2D eigenvalue weighted by Gasteiger charge is 2.47. The number of hydrogen-bond donors (Lipinski definition) is 0. The number of allylic oxidation sites excluding steroid dienone is 1. The summed E-state index contributed by atoms with van der Waals surface area (Å²) in [5, 5.41) is 0.557. The molecule has 1 saturated heterocycles. The predicted molar refractivity (Wildman–Crippen MR) is 88.6 cm³/mol. The fraction of sp³-hybridized carbons (Fsp3) is 0.278. The molecule has 0 spiro atoms. The average Bonchev–Trinajstić information content (AvgIpc) is 2.86. The minimum Gasteiger partial charge on any atom is -0.469 e. The Bertz CT molecular complexity index is 738. The van der Waals surface area contributed by atoms with Crippen LogP contribution in [0.25, 0.3) is 0 Å². The molecule has 2 aliphatic rings. The fourth-order valence-corrected chi connectivity index (χ4v) is 3.30. The zero-order chi connectivity index (χ0) is 17.3. The van der Waals surface area contributed by atoms with Gasteiger partial charge in [-0.2, -0.15) is 0 Å². The number of nitrogens with zero attached hydrogens (tertiary/aromatic N) is 1. The van der Waals surface area contributed by atoms with E-state index in [0.717, 1.165) is 0 Å². The number of fused-ring (bicyclic) bond motifs is 2. The molecule has 6 heteroatoms. The Balaban J connectivity index is 1.80. The van der Waals surface area contributed by atoms with Crippen molar-refractivity contribution >= 4 is 29.1 Å². The second-order valence-corrected chi connectivity index (χ2v) is 6.20. The molecule has 1 fully saturated rings. The maximum atomic E-state index is 12.2. The number of esters is 1. The Labute approximate surface area is 144 Å². The first-order valence-corrected chi connectivity index (χ1v) is 7.94. The molecular formula is C18H16ClNO4. The summed E-state index contributed by atoms with van der Waals surface area (Å²) in [4.78, 5) is 38.0. The van der Waals surface area contributed by atoms with Gasteiger partial charge in [0.25, 0.3) is 0 Å². The van der Waals surface area contributed by atoms with Crippen LogP contribution in [0.5, 0.6) is 0 Å². The Morgan fingerprint density at radius 1 is 1.29 bits per heavy atom. The minimum absolute atomic E-state index is 0.0683. The maximum absolute atomic E-state index is 12.2. The highest BCUT2D eigenvalue weighted by atomic mass is 35.5. The minimum atomic E-state index is -0.432. The number of rotatable bonds is 4. The van der Waals surface area contributed by atoms with Gasteiger partial charge in [0, 0.05) is 22.9 Å². The highest BCUT2D eigenvalue weighted by Crippen LogP contribution is 2.35. The third-order valence-electron chi connectivity index (χ3n) is 4.41. The van der Waals surface area contributed by atoms with Crippen LogP contribution in [0.1, 0.15) is 16.8 Å². The smallest absolute Gasteiger partial charge is 0.311 e. The molecule has 0 amide bonds. The lowest BCUT2D eigenvalue weighted by Gasteiger charge is -2.29. The van der Waals surface area contributed by atoms with E-state index in [9.17, 15) is 14.4 Å². The van der Waals surface area contributed by atoms with E-state index >= 15 is 0 Å². The molecule has 2 bridgehead atoms. The number of methoxy groups -OCH3 is 1. The SMILES string of the molecule is COC(=O)C1CC2C(=O)C=CC1N2C=CC(=O)c1ccc(Cl)cc1. The number of halogens is 1. The summed E-state index contributed by atoms with van der Waals surface area (Å²) in [6.45, 7) is 0. The molecule has 0 radical (unpaired) electrons. The van der Waals surface area contributed by atoms with Gasteiger partial charge < -0.3 is 9.64 Å². The van der Waals surface area contributed by atoms with E-state index in [-0.39, 0.29) is 23.6 Å². The van der Waals surface area contributed by atoms with Crippen LogP contribution in [0.3, 0.4) is 0 Å². The van der Waals surface area contributed by atoms with Crippen LogP contribution >= 0.6 is 11.6 Å². The van der Waals surface area contributed by atoms with Gasteiger partial charge in [-0.25, -0.2) is 0 Å². The van der Waals surface area contributed by atoms with Crippen molar-refractivity contribution in [3.8, 4) is 0 Å². The summed E-state index contributed by atoms with van der Waals surface area (Å²) >= 11 is 5.81. The van der Waals surface area contributed by atoms with Gasteiger partial charge in [-0.3, -0.25) is 14.4 Å². The van der Waals surface area contributed by atoms with Gasteiger partial charge in [-0.05, 0) is 36.8 Å². The van der Waals surface area contributed by atoms with Crippen molar-refractivity contribution in [3.63, 3.8) is 0 Å². The van der Waals surface area contributed by atoms with Gasteiger partial charge in [0.2, 0.25) is 0 Å². The molecule has 1 aromatic carbocycles. The summed E-state index contributed by atoms with van der Waals surface area (Å²) in [6, 6.07) is 5.87. The van der Waals surface area contributed by atoms with E-state index in [1.807, 2.05) is 0 Å². The van der Waals surface area contributed by atoms with Crippen LogP contribution in [0.2, 0.25) is 5.02 Å². The second-order valence-electron chi connectivity index (χ2n) is 5.77. The van der Waals surface area contributed by atoms with E-state index in [0.29, 0.717) is 17.0 Å². The number of benzene rings is 1. The van der Waals surface area contributed by atoms with Crippen LogP contribution in [-0.2, 0) is 14.3 Å². The molecule has 0 aromatic heterocycles. The van der Waals surface area contributed by atoms with Crippen LogP contribution in [0, 0.1) is 5.92 Å². The van der Waals surface area contributed by atoms with Gasteiger partial charge in [0.15, 0.2) is 11.6 Å². The topological polar surface area (TPSA) is 63.7 Å². The van der Waals surface area contributed by atoms with E-state index in [4.69, 9.17) is 16.3 Å². The summed E-state index contributed by atoms with van der Waals surface area (Å²) in [6.07, 6.45) is 6.60. The van der Waals surface area contributed by atoms with Gasteiger partial charge in [0.1, 0.15) is 0 Å². The first kappa shape index (κ1) is 16.5. The van der Waals surface area contributed by atoms with Crippen LogP contribution in [-0.4, -0.2) is 41.6 Å². The molecule has 1 aromatic rings. The monoisotopic (exact) mass is 345 g/mol. The fourth-order valence-electron chi connectivity index (χ4n) is 3.17. The van der Waals surface area contributed by atoms with Crippen LogP contribution < -0.4 is 0 Å². The number of carbonyl (C=O) groups is 3. The van der Waals surface area contributed by atoms with E-state index in [1.165, 1.54) is 19.3 Å². The zero-order valence-corrected chi connectivity index (χ0v) is 13.8. The summed E-state index contributed by atoms with van der Waals surface area (Å²) in [5.41, 5.74) is 0.506. The molecule has 3 atom stereocenters. The lowest BCUT2D eigenvalue weighted by atomic mass is 10.0. The van der Waals surface area contributed by atoms with Gasteiger partial charge >= 0.3 is 5.97 Å². The predicted octanol–water partition coefficient (Wildman–Crippen LogP) is 2.41. The second kappa shape index (κ2) is 6.61. The summed E-state index contributed by atoms with van der Waals surface area (Å²) in [5.74, 6) is -1.01. The number of ether oxygens (including phenoxy) is 1. The number of hydrogen-bond acceptors (Lipinski definition) is 5. The van der Waals surface area contributed by atoms with Crippen LogP contribution in [0.15, 0.2) is 48.7 Å². The van der Waals surface area contributed by atoms with Crippen molar-refractivity contribution in [2.24, 2.45) is 5.92 Å². The molecular weight excluding hydrogens is 330 g/mol. The Morgan fingerprint density at radius 3 is 2.67 bits per heavy atom. The Kier molecular flexibility index (Phi) is 4.53. The molecule has 0 saturated carbocycles. The van der Waals surface area contributed by atoms with Crippen molar-refractivity contribution in [3.05, 3.63) is 59.3 Å². The highest BCUT2D eigenvalue weighted by molar-refractivity contribution is 6.30. The quantitative estimate of drug-likeness (QED) is 0.476. The molecule has 0 aliphatic carbocycles. The van der Waals surface area contributed by atoms with E-state index in [1.54, 1.807) is 41.4 Å². The largest absolute Gasteiger partial charge is 0.469 e. The third-order valence-corrected chi connectivity index (χ3v) is 4.66. The summed E-state index contributed by atoms with van der Waals surface area (Å²) < 4.78 is 4.82. The van der Waals surface area contributed by atoms with Crippen molar-refractivity contribution in [1.82, 2.24) is 4.90 Å². The first-order chi connectivity index (χ1) is 11.5. The van der Waals surface area contributed by atoms with E-state index < -0.39 is 12.0 Å². The molecule has 0 N–H and O–H groups in total. The van der Waals surface area contributed by atoms with Gasteiger partial charge in [-0.15, -0.1) is 0 Å². The van der Waals surface area contributed by atoms with Gasteiger partial charge in [0.05, 0.1) is 25.1 Å². The standard InChI is InChI=1S/C18H16ClNO4/c1-24-18(23)13-10-15-17(22)7-6-14(13)20(15)9-8-16(21)11-2-4-12(19)5-3-11/h2-9,13-15H,10H2,1H3. The van der Waals surface area contributed by atoms with Crippen molar-refractivity contribution in [2.45, 2.75) is 18.5 Å². The Hall–Kier alpha value is -2.40. The van der Waals surface area contributed by atoms with Crippen molar-refractivity contribution < 1.29 is 19.1 Å². The molecule has 2 heterocycles. The molecule has 3 unspecified atom stereocenters. The summed E-state index contributed by atoms with van der Waals surface area (Å²) in [7, 11) is 1.33. The molecule has 2 aliphatic heterocycles.